The summed E-state index contributed by atoms with van der Waals surface area (Å²) in [6.07, 6.45) is 2.30. The topological polar surface area (TPSA) is 73.9 Å². The van der Waals surface area contributed by atoms with Gasteiger partial charge in [0.1, 0.15) is 5.75 Å². The Balaban J connectivity index is 1.58. The van der Waals surface area contributed by atoms with E-state index in [4.69, 9.17) is 14.2 Å². The highest BCUT2D eigenvalue weighted by Gasteiger charge is 2.39. The summed E-state index contributed by atoms with van der Waals surface area (Å²) in [5.41, 5.74) is -0.281. The van der Waals surface area contributed by atoms with Crippen molar-refractivity contribution in [3.05, 3.63) is 65.4 Å². The van der Waals surface area contributed by atoms with Gasteiger partial charge in [0.15, 0.2) is 11.3 Å². The molecule has 2 aromatic carbocycles. The minimum absolute atomic E-state index is 0.0816. The molecule has 1 N–H and O–H groups in total. The summed E-state index contributed by atoms with van der Waals surface area (Å²) in [6.45, 7) is 2.79. The van der Waals surface area contributed by atoms with E-state index in [1.807, 2.05) is 12.1 Å². The summed E-state index contributed by atoms with van der Waals surface area (Å²) >= 11 is 0. The fourth-order valence-corrected chi connectivity index (χ4v) is 4.21. The van der Waals surface area contributed by atoms with Gasteiger partial charge in [0.2, 0.25) is 0 Å². The van der Waals surface area contributed by atoms with Gasteiger partial charge in [-0.15, -0.1) is 0 Å². The number of cyclic esters (lactones) is 2. The van der Waals surface area contributed by atoms with E-state index in [9.17, 15) is 22.8 Å². The predicted molar refractivity (Wildman–Crippen MR) is 122 cm³/mol. The number of hydrogen-bond acceptors (Lipinski definition) is 6. The van der Waals surface area contributed by atoms with Crippen molar-refractivity contribution in [2.24, 2.45) is 0 Å². The fraction of sp³-hybridized carbons (Fsp3) is 0.385. The number of rotatable bonds is 5. The zero-order valence-corrected chi connectivity index (χ0v) is 19.4. The third-order valence-electron chi connectivity index (χ3n) is 5.98. The van der Waals surface area contributed by atoms with Gasteiger partial charge < -0.3 is 19.5 Å². The largest absolute Gasteiger partial charge is 0.455 e. The Hall–Kier alpha value is -3.49. The van der Waals surface area contributed by atoms with Crippen LogP contribution in [0.25, 0.3) is 0 Å². The molecule has 0 atom stereocenters. The van der Waals surface area contributed by atoms with Crippen molar-refractivity contribution >= 4 is 17.6 Å². The van der Waals surface area contributed by atoms with E-state index in [2.05, 4.69) is 5.32 Å². The number of halogens is 3. The molecule has 0 radical (unpaired) electrons. The van der Waals surface area contributed by atoms with Gasteiger partial charge in [0, 0.05) is 20.0 Å². The van der Waals surface area contributed by atoms with Crippen LogP contribution in [-0.2, 0) is 25.2 Å². The van der Waals surface area contributed by atoms with Gasteiger partial charge in [-0.05, 0) is 54.7 Å². The summed E-state index contributed by atoms with van der Waals surface area (Å²) in [4.78, 5) is 24.3. The summed E-state index contributed by atoms with van der Waals surface area (Å²) in [6, 6.07) is 10.4. The maximum absolute atomic E-state index is 13.3. The van der Waals surface area contributed by atoms with Gasteiger partial charge in [0.05, 0.1) is 11.3 Å². The molecule has 1 aliphatic heterocycles. The number of carbonyl (C=O) groups is 2. The number of carbonyl (C=O) groups excluding carboxylic acids is 2. The van der Waals surface area contributed by atoms with Crippen molar-refractivity contribution in [1.82, 2.24) is 0 Å². The first-order chi connectivity index (χ1) is 16.5. The van der Waals surface area contributed by atoms with Crippen LogP contribution in [0.3, 0.4) is 0 Å². The maximum Gasteiger partial charge on any atom is 0.416 e. The molecule has 1 saturated carbocycles. The minimum Gasteiger partial charge on any atom is -0.455 e. The summed E-state index contributed by atoms with van der Waals surface area (Å²) in [5, 5.41) is 2.58. The summed E-state index contributed by atoms with van der Waals surface area (Å²) in [7, 11) is 0. The average Bonchev–Trinajstić information content (AvgIpc) is 2.79. The number of ether oxygens (including phenoxy) is 3. The molecule has 2 aliphatic rings. The minimum atomic E-state index is -4.60. The zero-order valence-electron chi connectivity index (χ0n) is 19.4. The first-order valence-corrected chi connectivity index (χ1v) is 11.4. The van der Waals surface area contributed by atoms with Gasteiger partial charge in [-0.1, -0.05) is 31.4 Å². The second kappa shape index (κ2) is 9.64. The van der Waals surface area contributed by atoms with E-state index in [0.29, 0.717) is 11.7 Å². The van der Waals surface area contributed by atoms with E-state index >= 15 is 0 Å². The third-order valence-corrected chi connectivity index (χ3v) is 5.98. The Morgan fingerprint density at radius 1 is 0.971 bits per heavy atom. The molecule has 35 heavy (non-hydrogen) atoms. The second-order valence-corrected chi connectivity index (χ2v) is 9.10. The first-order valence-electron chi connectivity index (χ1n) is 11.4. The van der Waals surface area contributed by atoms with Crippen LogP contribution in [0.2, 0.25) is 0 Å². The molecule has 0 spiro atoms. The monoisotopic (exact) mass is 489 g/mol. The molecular formula is C26H26F3NO5. The molecule has 0 bridgehead atoms. The van der Waals surface area contributed by atoms with Crippen LogP contribution in [0.4, 0.5) is 18.9 Å². The van der Waals surface area contributed by atoms with Crippen molar-refractivity contribution in [2.45, 2.75) is 63.8 Å². The van der Waals surface area contributed by atoms with Crippen LogP contribution in [0.15, 0.2) is 54.2 Å². The third kappa shape index (κ3) is 5.96. The molecule has 0 amide bonds. The number of esters is 2. The molecule has 6 nitrogen and oxygen atoms in total. The smallest absolute Gasteiger partial charge is 0.416 e. The van der Waals surface area contributed by atoms with Crippen molar-refractivity contribution in [3.8, 4) is 11.5 Å². The quantitative estimate of drug-likeness (QED) is 0.287. The van der Waals surface area contributed by atoms with Crippen molar-refractivity contribution in [1.29, 1.82) is 0 Å². The summed E-state index contributed by atoms with van der Waals surface area (Å²) < 4.78 is 55.8. The van der Waals surface area contributed by atoms with E-state index in [0.717, 1.165) is 31.2 Å². The normalized spacial score (nSPS) is 18.5. The van der Waals surface area contributed by atoms with Crippen molar-refractivity contribution in [2.75, 3.05) is 5.32 Å². The molecule has 9 heteroatoms. The number of alkyl halides is 3. The Labute approximate surface area is 201 Å². The number of nitrogens with one attached hydrogen (secondary N) is 1. The molecule has 2 fully saturated rings. The molecule has 2 aromatic rings. The summed E-state index contributed by atoms with van der Waals surface area (Å²) in [5.74, 6) is -2.30. The molecule has 186 valence electrons. The Morgan fingerprint density at radius 2 is 1.60 bits per heavy atom. The van der Waals surface area contributed by atoms with Gasteiger partial charge in [0.25, 0.3) is 5.79 Å². The maximum atomic E-state index is 13.3. The van der Waals surface area contributed by atoms with E-state index in [1.54, 1.807) is 12.1 Å². The Morgan fingerprint density at radius 3 is 2.20 bits per heavy atom. The molecular weight excluding hydrogens is 463 g/mol. The van der Waals surface area contributed by atoms with Crippen LogP contribution in [0, 0.1) is 0 Å². The van der Waals surface area contributed by atoms with Gasteiger partial charge in [-0.3, -0.25) is 0 Å². The van der Waals surface area contributed by atoms with Gasteiger partial charge >= 0.3 is 18.1 Å². The highest BCUT2D eigenvalue weighted by Crippen LogP contribution is 2.38. The van der Waals surface area contributed by atoms with Crippen LogP contribution in [0.1, 0.15) is 63.0 Å². The van der Waals surface area contributed by atoms with Crippen LogP contribution >= 0.6 is 0 Å². The lowest BCUT2D eigenvalue weighted by molar-refractivity contribution is -0.222. The Bertz CT molecular complexity index is 1110. The van der Waals surface area contributed by atoms with Crippen molar-refractivity contribution < 1.29 is 37.0 Å². The standard InChI is InChI=1S/C26H26F3NO5/c1-25(2)34-23(31)20(24(32)35-25)15-30-21-14-18(26(27,28)29)10-13-22(21)33-19-11-8-17(9-12-19)16-6-4-3-5-7-16/h8-16,30H,3-7H2,1-2H3. The lowest BCUT2D eigenvalue weighted by Crippen LogP contribution is -2.42. The van der Waals surface area contributed by atoms with Gasteiger partial charge in [-0.2, -0.15) is 13.2 Å². The first kappa shape index (κ1) is 24.6. The number of hydrogen-bond donors (Lipinski definition) is 1. The van der Waals surface area contributed by atoms with E-state index < -0.39 is 35.0 Å². The number of benzene rings is 2. The number of anilines is 1. The van der Waals surface area contributed by atoms with Crippen LogP contribution in [0.5, 0.6) is 11.5 Å². The van der Waals surface area contributed by atoms with E-state index in [1.165, 1.54) is 44.7 Å². The highest BCUT2D eigenvalue weighted by molar-refractivity contribution is 6.15. The molecule has 1 heterocycles. The zero-order chi connectivity index (χ0) is 25.2. The lowest BCUT2D eigenvalue weighted by atomic mass is 9.84. The molecule has 0 unspecified atom stereocenters. The highest BCUT2D eigenvalue weighted by atomic mass is 19.4. The van der Waals surface area contributed by atoms with Gasteiger partial charge in [-0.25, -0.2) is 9.59 Å². The molecule has 4 rings (SSSR count). The predicted octanol–water partition coefficient (Wildman–Crippen LogP) is 6.68. The molecule has 1 saturated heterocycles. The van der Waals surface area contributed by atoms with E-state index in [-0.39, 0.29) is 11.4 Å². The average molecular weight is 489 g/mol. The molecule has 1 aliphatic carbocycles. The molecule has 0 aromatic heterocycles. The van der Waals surface area contributed by atoms with Crippen LogP contribution < -0.4 is 10.1 Å². The Kier molecular flexibility index (Phi) is 6.78. The lowest BCUT2D eigenvalue weighted by Gasteiger charge is -2.29. The second-order valence-electron chi connectivity index (χ2n) is 9.10. The fourth-order valence-electron chi connectivity index (χ4n) is 4.21. The van der Waals surface area contributed by atoms with Crippen LogP contribution in [-0.4, -0.2) is 17.7 Å². The SMILES string of the molecule is CC1(C)OC(=O)C(=CNc2cc(C(F)(F)F)ccc2Oc2ccc(C3CCCCC3)cc2)C(=O)O1. The van der Waals surface area contributed by atoms with Crippen molar-refractivity contribution in [3.63, 3.8) is 0 Å².